The molecular weight excluding hydrogens is 262 g/mol. The summed E-state index contributed by atoms with van der Waals surface area (Å²) in [5.41, 5.74) is 1.36. The third kappa shape index (κ3) is 2.74. The standard InChI is InChI=1S/C13H15N3O2S/c17-16-12(10-4-2-1-3-5-10)13(15-18-16)19-11-6-8-14-9-7-11/h1-5,11,14H,6-9H2. The van der Waals surface area contributed by atoms with Crippen molar-refractivity contribution >= 4 is 11.8 Å². The van der Waals surface area contributed by atoms with Crippen molar-refractivity contribution in [2.24, 2.45) is 0 Å². The quantitative estimate of drug-likeness (QED) is 0.867. The molecule has 0 saturated carbocycles. The summed E-state index contributed by atoms with van der Waals surface area (Å²) in [6.07, 6.45) is 2.18. The molecule has 1 aliphatic rings. The van der Waals surface area contributed by atoms with Crippen LogP contribution in [0.15, 0.2) is 40.0 Å². The van der Waals surface area contributed by atoms with Gasteiger partial charge in [-0.2, -0.15) is 0 Å². The second kappa shape index (κ2) is 5.63. The smallest absolute Gasteiger partial charge is 0.283 e. The van der Waals surface area contributed by atoms with Crippen molar-refractivity contribution < 1.29 is 9.53 Å². The summed E-state index contributed by atoms with van der Waals surface area (Å²) < 4.78 is 4.77. The molecule has 0 bridgehead atoms. The van der Waals surface area contributed by atoms with Crippen molar-refractivity contribution in [2.75, 3.05) is 13.1 Å². The minimum Gasteiger partial charge on any atom is -0.359 e. The molecule has 0 amide bonds. The van der Waals surface area contributed by atoms with Gasteiger partial charge in [-0.05, 0) is 30.8 Å². The molecule has 2 aromatic rings. The Morgan fingerprint density at radius 3 is 2.74 bits per heavy atom. The van der Waals surface area contributed by atoms with Crippen LogP contribution in [0.3, 0.4) is 0 Å². The summed E-state index contributed by atoms with van der Waals surface area (Å²) in [6, 6.07) is 9.52. The number of hydrogen-bond acceptors (Lipinski definition) is 5. The summed E-state index contributed by atoms with van der Waals surface area (Å²) in [6.45, 7) is 2.04. The van der Waals surface area contributed by atoms with Gasteiger partial charge in [-0.25, -0.2) is 0 Å². The minimum atomic E-state index is 0.494. The van der Waals surface area contributed by atoms with Crippen molar-refractivity contribution in [3.8, 4) is 11.3 Å². The highest BCUT2D eigenvalue weighted by Gasteiger charge is 2.25. The van der Waals surface area contributed by atoms with E-state index >= 15 is 0 Å². The number of rotatable bonds is 3. The summed E-state index contributed by atoms with van der Waals surface area (Å²) in [4.78, 5) is 0.499. The molecule has 6 heteroatoms. The Hall–Kier alpha value is -1.53. The first-order chi connectivity index (χ1) is 9.34. The molecule has 1 fully saturated rings. The van der Waals surface area contributed by atoms with Gasteiger partial charge in [-0.15, -0.1) is 0 Å². The summed E-state index contributed by atoms with van der Waals surface area (Å²) in [5.74, 6) is 0. The van der Waals surface area contributed by atoms with Crippen LogP contribution in [0.25, 0.3) is 11.3 Å². The average Bonchev–Trinajstić information content (AvgIpc) is 2.82. The Labute approximate surface area is 115 Å². The fourth-order valence-corrected chi connectivity index (χ4v) is 3.38. The molecule has 0 unspecified atom stereocenters. The molecule has 0 radical (unpaired) electrons. The minimum absolute atomic E-state index is 0.494. The Morgan fingerprint density at radius 2 is 2.00 bits per heavy atom. The van der Waals surface area contributed by atoms with Gasteiger partial charge in [0.2, 0.25) is 5.69 Å². The second-order valence-electron chi connectivity index (χ2n) is 4.52. The molecule has 3 rings (SSSR count). The lowest BCUT2D eigenvalue weighted by molar-refractivity contribution is -0.793. The van der Waals surface area contributed by atoms with Gasteiger partial charge < -0.3 is 10.5 Å². The Balaban J connectivity index is 1.86. The number of benzene rings is 1. The van der Waals surface area contributed by atoms with E-state index in [9.17, 15) is 5.21 Å². The van der Waals surface area contributed by atoms with Gasteiger partial charge in [-0.3, -0.25) is 4.63 Å². The molecule has 1 aromatic carbocycles. The van der Waals surface area contributed by atoms with E-state index in [1.165, 1.54) is 0 Å². The molecular formula is C13H15N3O2S. The second-order valence-corrected chi connectivity index (χ2v) is 5.81. The number of hydrogen-bond donors (Lipinski definition) is 1. The van der Waals surface area contributed by atoms with Crippen LogP contribution in [-0.2, 0) is 0 Å². The highest BCUT2D eigenvalue weighted by molar-refractivity contribution is 8.00. The van der Waals surface area contributed by atoms with Crippen LogP contribution in [0.5, 0.6) is 0 Å². The number of nitrogens with one attached hydrogen (secondary N) is 1. The van der Waals surface area contributed by atoms with Crippen LogP contribution in [-0.4, -0.2) is 23.5 Å². The van der Waals surface area contributed by atoms with Crippen LogP contribution in [0.4, 0.5) is 0 Å². The van der Waals surface area contributed by atoms with E-state index in [-0.39, 0.29) is 0 Å². The molecule has 0 atom stereocenters. The number of nitrogens with zero attached hydrogens (tertiary/aromatic N) is 2. The van der Waals surface area contributed by atoms with Crippen molar-refractivity contribution in [2.45, 2.75) is 23.1 Å². The molecule has 2 heterocycles. The molecule has 1 aliphatic heterocycles. The zero-order valence-corrected chi connectivity index (χ0v) is 11.2. The Kier molecular flexibility index (Phi) is 3.70. The fraction of sp³-hybridized carbons (Fsp3) is 0.385. The summed E-state index contributed by atoms with van der Waals surface area (Å²) >= 11 is 1.64. The number of aromatic nitrogens is 2. The first-order valence-electron chi connectivity index (χ1n) is 6.37. The maximum Gasteiger partial charge on any atom is 0.283 e. The molecule has 19 heavy (non-hydrogen) atoms. The van der Waals surface area contributed by atoms with Crippen LogP contribution in [0, 0.1) is 5.21 Å². The molecule has 1 saturated heterocycles. The molecule has 1 aromatic heterocycles. The highest BCUT2D eigenvalue weighted by atomic mass is 32.2. The van der Waals surface area contributed by atoms with Gasteiger partial charge in [-0.1, -0.05) is 42.1 Å². The topological polar surface area (TPSA) is 65.0 Å². The first kappa shape index (κ1) is 12.5. The Morgan fingerprint density at radius 1 is 1.26 bits per heavy atom. The lowest BCUT2D eigenvalue weighted by Gasteiger charge is -2.20. The van der Waals surface area contributed by atoms with Crippen LogP contribution < -0.4 is 10.2 Å². The van der Waals surface area contributed by atoms with Crippen molar-refractivity contribution in [1.29, 1.82) is 0 Å². The number of thioether (sulfide) groups is 1. The zero-order chi connectivity index (χ0) is 13.1. The van der Waals surface area contributed by atoms with Crippen molar-refractivity contribution in [3.63, 3.8) is 0 Å². The van der Waals surface area contributed by atoms with E-state index in [2.05, 4.69) is 10.5 Å². The van der Waals surface area contributed by atoms with E-state index in [1.54, 1.807) is 11.8 Å². The van der Waals surface area contributed by atoms with E-state index in [1.807, 2.05) is 30.3 Å². The molecule has 5 nitrogen and oxygen atoms in total. The highest BCUT2D eigenvalue weighted by Crippen LogP contribution is 2.33. The molecule has 1 N–H and O–H groups in total. The zero-order valence-electron chi connectivity index (χ0n) is 10.4. The van der Waals surface area contributed by atoms with Crippen LogP contribution in [0.2, 0.25) is 0 Å². The Bertz CT molecular complexity index is 538. The monoisotopic (exact) mass is 277 g/mol. The lowest BCUT2D eigenvalue weighted by atomic mass is 10.2. The first-order valence-corrected chi connectivity index (χ1v) is 7.25. The summed E-state index contributed by atoms with van der Waals surface area (Å²) in [7, 11) is 0. The lowest BCUT2D eigenvalue weighted by Crippen LogP contribution is -2.29. The predicted octanol–water partition coefficient (Wildman–Crippen LogP) is 1.82. The van der Waals surface area contributed by atoms with E-state index < -0.39 is 0 Å². The predicted molar refractivity (Wildman–Crippen MR) is 72.6 cm³/mol. The van der Waals surface area contributed by atoms with Crippen LogP contribution in [0.1, 0.15) is 12.8 Å². The van der Waals surface area contributed by atoms with Crippen molar-refractivity contribution in [1.82, 2.24) is 10.5 Å². The van der Waals surface area contributed by atoms with Gasteiger partial charge in [0.1, 0.15) is 0 Å². The third-order valence-corrected chi connectivity index (χ3v) is 4.49. The van der Waals surface area contributed by atoms with Gasteiger partial charge in [0, 0.05) is 10.8 Å². The fourth-order valence-electron chi connectivity index (χ4n) is 2.21. The third-order valence-electron chi connectivity index (χ3n) is 3.19. The normalized spacial score (nSPS) is 16.6. The van der Waals surface area contributed by atoms with Crippen LogP contribution >= 0.6 is 11.8 Å². The number of piperidine rings is 1. The van der Waals surface area contributed by atoms with Gasteiger partial charge in [0.05, 0.1) is 5.16 Å². The van der Waals surface area contributed by atoms with E-state index in [0.29, 0.717) is 20.9 Å². The summed E-state index contributed by atoms with van der Waals surface area (Å²) in [5, 5.41) is 20.2. The average molecular weight is 277 g/mol. The molecule has 0 spiro atoms. The SMILES string of the molecule is [O-][n+]1onc(SC2CCNCC2)c1-c1ccccc1. The van der Waals surface area contributed by atoms with E-state index in [4.69, 9.17) is 4.63 Å². The van der Waals surface area contributed by atoms with Gasteiger partial charge in [0.15, 0.2) is 0 Å². The van der Waals surface area contributed by atoms with Gasteiger partial charge in [0.25, 0.3) is 5.03 Å². The largest absolute Gasteiger partial charge is 0.359 e. The maximum atomic E-state index is 11.7. The maximum absolute atomic E-state index is 11.7. The molecule has 0 aliphatic carbocycles. The van der Waals surface area contributed by atoms with Gasteiger partial charge >= 0.3 is 0 Å². The van der Waals surface area contributed by atoms with E-state index in [0.717, 1.165) is 31.5 Å². The van der Waals surface area contributed by atoms with Crippen molar-refractivity contribution in [3.05, 3.63) is 35.5 Å². The molecule has 100 valence electrons.